The Morgan fingerprint density at radius 3 is 2.44 bits per heavy atom. The van der Waals surface area contributed by atoms with Crippen LogP contribution in [0.5, 0.6) is 0 Å². The number of benzene rings is 1. The number of allylic oxidation sites excluding steroid dienone is 2. The fourth-order valence-electron chi connectivity index (χ4n) is 2.22. The zero-order chi connectivity index (χ0) is 12.0. The molecule has 1 atom stereocenters. The second-order valence-corrected chi connectivity index (χ2v) is 4.58. The van der Waals surface area contributed by atoms with Crippen LogP contribution < -0.4 is 0 Å². The molecule has 0 fully saturated rings. The molecule has 0 radical (unpaired) electrons. The lowest BCUT2D eigenvalue weighted by molar-refractivity contribution is 0.669. The van der Waals surface area contributed by atoms with Crippen LogP contribution in [0.2, 0.25) is 0 Å². The van der Waals surface area contributed by atoms with Crippen molar-refractivity contribution < 1.29 is 0 Å². The van der Waals surface area contributed by atoms with Gasteiger partial charge in [0, 0.05) is 0 Å². The molecule has 88 valence electrons. The van der Waals surface area contributed by atoms with Crippen LogP contribution in [0.1, 0.15) is 55.7 Å². The summed E-state index contributed by atoms with van der Waals surface area (Å²) in [5, 5.41) is 0. The van der Waals surface area contributed by atoms with Gasteiger partial charge >= 0.3 is 0 Å². The maximum Gasteiger partial charge on any atom is -0.0127 e. The predicted molar refractivity (Wildman–Crippen MR) is 73.0 cm³/mol. The molecule has 0 aliphatic carbocycles. The highest BCUT2D eigenvalue weighted by atomic mass is 14.1. The lowest BCUT2D eigenvalue weighted by atomic mass is 9.89. The van der Waals surface area contributed by atoms with Gasteiger partial charge in [0.25, 0.3) is 0 Å². The lowest BCUT2D eigenvalue weighted by Gasteiger charge is -2.16. The van der Waals surface area contributed by atoms with Gasteiger partial charge in [-0.25, -0.2) is 0 Å². The van der Waals surface area contributed by atoms with E-state index in [9.17, 15) is 0 Å². The first-order valence-corrected chi connectivity index (χ1v) is 6.41. The first-order valence-electron chi connectivity index (χ1n) is 6.41. The van der Waals surface area contributed by atoms with Crippen molar-refractivity contribution in [2.24, 2.45) is 0 Å². The summed E-state index contributed by atoms with van der Waals surface area (Å²) in [5.74, 6) is 0.684. The topological polar surface area (TPSA) is 0 Å². The van der Waals surface area contributed by atoms with Crippen molar-refractivity contribution in [1.82, 2.24) is 0 Å². The van der Waals surface area contributed by atoms with E-state index in [1.165, 1.54) is 29.5 Å². The Morgan fingerprint density at radius 2 is 1.88 bits per heavy atom. The van der Waals surface area contributed by atoms with Gasteiger partial charge in [-0.2, -0.15) is 0 Å². The van der Waals surface area contributed by atoms with Gasteiger partial charge in [-0.15, -0.1) is 0 Å². The van der Waals surface area contributed by atoms with E-state index in [4.69, 9.17) is 0 Å². The molecule has 0 bridgehead atoms. The van der Waals surface area contributed by atoms with Crippen LogP contribution >= 0.6 is 0 Å². The van der Waals surface area contributed by atoms with Gasteiger partial charge in [0.05, 0.1) is 0 Å². The predicted octanol–water partition coefficient (Wildman–Crippen LogP) is 5.15. The Labute approximate surface area is 100 Å². The van der Waals surface area contributed by atoms with Gasteiger partial charge in [0.15, 0.2) is 0 Å². The standard InChI is InChI=1S/C16H24/c1-5-7-8-9-15(6-2)16-11-10-13(3)12-14(16)4/h7-8,10-12,15H,5-6,9H2,1-4H3/b8-7-. The molecule has 0 spiro atoms. The molecule has 16 heavy (non-hydrogen) atoms. The smallest absolute Gasteiger partial charge is 0.0127 e. The molecule has 0 saturated carbocycles. The van der Waals surface area contributed by atoms with Crippen LogP contribution in [-0.2, 0) is 0 Å². The van der Waals surface area contributed by atoms with Crippen molar-refractivity contribution in [3.63, 3.8) is 0 Å². The molecule has 1 aromatic carbocycles. The second kappa shape index (κ2) is 6.52. The largest absolute Gasteiger partial charge is 0.0888 e. The van der Waals surface area contributed by atoms with E-state index >= 15 is 0 Å². The number of hydrogen-bond acceptors (Lipinski definition) is 0. The average Bonchev–Trinajstić information content (AvgIpc) is 2.26. The van der Waals surface area contributed by atoms with E-state index in [-0.39, 0.29) is 0 Å². The minimum atomic E-state index is 0.684. The Hall–Kier alpha value is -1.04. The van der Waals surface area contributed by atoms with Crippen LogP contribution in [-0.4, -0.2) is 0 Å². The maximum absolute atomic E-state index is 2.33. The first-order chi connectivity index (χ1) is 7.69. The molecule has 1 unspecified atom stereocenters. The number of rotatable bonds is 5. The molecule has 0 nitrogen and oxygen atoms in total. The minimum Gasteiger partial charge on any atom is -0.0888 e. The Morgan fingerprint density at radius 1 is 1.12 bits per heavy atom. The quantitative estimate of drug-likeness (QED) is 0.597. The summed E-state index contributed by atoms with van der Waals surface area (Å²) in [7, 11) is 0. The normalized spacial score (nSPS) is 13.2. The summed E-state index contributed by atoms with van der Waals surface area (Å²) in [6, 6.07) is 6.83. The van der Waals surface area contributed by atoms with Crippen LogP contribution in [0.4, 0.5) is 0 Å². The highest BCUT2D eigenvalue weighted by Crippen LogP contribution is 2.27. The van der Waals surface area contributed by atoms with Crippen molar-refractivity contribution in [1.29, 1.82) is 0 Å². The third-order valence-electron chi connectivity index (χ3n) is 3.18. The highest BCUT2D eigenvalue weighted by Gasteiger charge is 2.09. The summed E-state index contributed by atoms with van der Waals surface area (Å²) >= 11 is 0. The summed E-state index contributed by atoms with van der Waals surface area (Å²) in [5.41, 5.74) is 4.32. The zero-order valence-corrected chi connectivity index (χ0v) is 11.1. The van der Waals surface area contributed by atoms with Gasteiger partial charge < -0.3 is 0 Å². The number of hydrogen-bond donors (Lipinski definition) is 0. The van der Waals surface area contributed by atoms with E-state index in [2.05, 4.69) is 58.0 Å². The monoisotopic (exact) mass is 216 g/mol. The molecule has 0 amide bonds. The van der Waals surface area contributed by atoms with Gasteiger partial charge in [-0.3, -0.25) is 0 Å². The minimum absolute atomic E-state index is 0.684. The fourth-order valence-corrected chi connectivity index (χ4v) is 2.22. The summed E-state index contributed by atoms with van der Waals surface area (Å²) in [6.45, 7) is 8.86. The molecule has 1 aromatic rings. The second-order valence-electron chi connectivity index (χ2n) is 4.58. The molecule has 0 saturated heterocycles. The average molecular weight is 216 g/mol. The van der Waals surface area contributed by atoms with Gasteiger partial charge in [-0.1, -0.05) is 49.8 Å². The zero-order valence-electron chi connectivity index (χ0n) is 11.1. The molecule has 1 rings (SSSR count). The summed E-state index contributed by atoms with van der Waals surface area (Å²) < 4.78 is 0. The number of aryl methyl sites for hydroxylation is 2. The lowest BCUT2D eigenvalue weighted by Crippen LogP contribution is -1.99. The molecule has 0 aromatic heterocycles. The molecule has 0 heterocycles. The van der Waals surface area contributed by atoms with Crippen LogP contribution in [0.15, 0.2) is 30.4 Å². The third-order valence-corrected chi connectivity index (χ3v) is 3.18. The van der Waals surface area contributed by atoms with Crippen LogP contribution in [0.25, 0.3) is 0 Å². The highest BCUT2D eigenvalue weighted by molar-refractivity contribution is 5.33. The van der Waals surface area contributed by atoms with Crippen molar-refractivity contribution >= 4 is 0 Å². The van der Waals surface area contributed by atoms with E-state index in [1.807, 2.05) is 0 Å². The molecule has 0 aliphatic heterocycles. The Kier molecular flexibility index (Phi) is 5.31. The van der Waals surface area contributed by atoms with E-state index in [0.717, 1.165) is 6.42 Å². The fraction of sp³-hybridized carbons (Fsp3) is 0.500. The molecule has 0 aliphatic rings. The van der Waals surface area contributed by atoms with Crippen molar-refractivity contribution in [3.05, 3.63) is 47.0 Å². The van der Waals surface area contributed by atoms with Gasteiger partial charge in [0.1, 0.15) is 0 Å². The van der Waals surface area contributed by atoms with E-state index in [0.29, 0.717) is 5.92 Å². The van der Waals surface area contributed by atoms with Crippen LogP contribution in [0, 0.1) is 13.8 Å². The van der Waals surface area contributed by atoms with Crippen LogP contribution in [0.3, 0.4) is 0 Å². The molecular weight excluding hydrogens is 192 g/mol. The van der Waals surface area contributed by atoms with Crippen molar-refractivity contribution in [2.75, 3.05) is 0 Å². The summed E-state index contributed by atoms with van der Waals surface area (Å²) in [6.07, 6.45) is 8.13. The van der Waals surface area contributed by atoms with Crippen molar-refractivity contribution in [2.45, 2.75) is 52.9 Å². The summed E-state index contributed by atoms with van der Waals surface area (Å²) in [4.78, 5) is 0. The molecule has 0 heteroatoms. The SMILES string of the molecule is CC/C=C\CC(CC)c1ccc(C)cc1C. The Bertz CT molecular complexity index is 347. The Balaban J connectivity index is 2.82. The molecular formula is C16H24. The maximum atomic E-state index is 2.33. The van der Waals surface area contributed by atoms with Gasteiger partial charge in [-0.05, 0) is 50.2 Å². The van der Waals surface area contributed by atoms with Crippen molar-refractivity contribution in [3.8, 4) is 0 Å². The van der Waals surface area contributed by atoms with E-state index in [1.54, 1.807) is 0 Å². The molecule has 0 N–H and O–H groups in total. The third kappa shape index (κ3) is 3.52. The van der Waals surface area contributed by atoms with Gasteiger partial charge in [0.2, 0.25) is 0 Å². The first kappa shape index (κ1) is 13.0. The van der Waals surface area contributed by atoms with E-state index < -0.39 is 0 Å².